The van der Waals surface area contributed by atoms with Crippen LogP contribution in [0.15, 0.2) is 40.3 Å². The third-order valence-corrected chi connectivity index (χ3v) is 3.67. The summed E-state index contributed by atoms with van der Waals surface area (Å²) in [5.41, 5.74) is 0. The van der Waals surface area contributed by atoms with Crippen molar-refractivity contribution in [2.45, 2.75) is 13.5 Å². The summed E-state index contributed by atoms with van der Waals surface area (Å²) in [6, 6.07) is 8.32. The molecule has 0 fully saturated rings. The smallest absolute Gasteiger partial charge is 0.128 e. The lowest BCUT2D eigenvalue weighted by molar-refractivity contribution is 0.823. The van der Waals surface area contributed by atoms with Crippen molar-refractivity contribution in [3.63, 3.8) is 0 Å². The van der Waals surface area contributed by atoms with Crippen molar-refractivity contribution in [3.05, 3.63) is 45.2 Å². The number of halogens is 1. The molecule has 16 heavy (non-hydrogen) atoms. The number of rotatable bonds is 4. The van der Waals surface area contributed by atoms with Gasteiger partial charge in [0, 0.05) is 22.1 Å². The van der Waals surface area contributed by atoms with Crippen molar-refractivity contribution in [2.24, 2.45) is 0 Å². The van der Waals surface area contributed by atoms with E-state index in [2.05, 4.69) is 50.3 Å². The van der Waals surface area contributed by atoms with Crippen molar-refractivity contribution in [1.29, 1.82) is 0 Å². The summed E-state index contributed by atoms with van der Waals surface area (Å²) in [6.45, 7) is 4.05. The largest absolute Gasteiger partial charge is 0.352 e. The fourth-order valence-corrected chi connectivity index (χ4v) is 2.45. The maximum Gasteiger partial charge on any atom is 0.128 e. The fraction of sp³-hybridized carbons (Fsp3) is 0.250. The van der Waals surface area contributed by atoms with Crippen LogP contribution in [0.4, 0.5) is 5.82 Å². The summed E-state index contributed by atoms with van der Waals surface area (Å²) in [5.74, 6) is 1.03. The average molecular weight is 297 g/mol. The highest BCUT2D eigenvalue weighted by Gasteiger charge is 2.06. The maximum absolute atomic E-state index is 4.41. The normalized spacial score (nSPS) is 10.4. The molecule has 84 valence electrons. The monoisotopic (exact) mass is 296 g/mol. The summed E-state index contributed by atoms with van der Waals surface area (Å²) in [7, 11) is 0. The van der Waals surface area contributed by atoms with Gasteiger partial charge in [-0.05, 0) is 46.4 Å². The molecule has 2 heterocycles. The maximum atomic E-state index is 4.41. The molecule has 0 saturated carbocycles. The van der Waals surface area contributed by atoms with Crippen LogP contribution in [-0.4, -0.2) is 11.5 Å². The van der Waals surface area contributed by atoms with Gasteiger partial charge in [0.2, 0.25) is 0 Å². The molecule has 0 amide bonds. The van der Waals surface area contributed by atoms with Gasteiger partial charge in [0.05, 0.1) is 6.54 Å². The minimum Gasteiger partial charge on any atom is -0.352 e. The Balaban J connectivity index is 2.13. The lowest BCUT2D eigenvalue weighted by Crippen LogP contribution is -2.22. The third-order valence-electron chi connectivity index (χ3n) is 2.34. The van der Waals surface area contributed by atoms with E-state index in [0.29, 0.717) is 0 Å². The first kappa shape index (κ1) is 11.6. The van der Waals surface area contributed by atoms with E-state index in [9.17, 15) is 0 Å². The number of aromatic nitrogens is 1. The van der Waals surface area contributed by atoms with Crippen LogP contribution < -0.4 is 4.90 Å². The van der Waals surface area contributed by atoms with Gasteiger partial charge in [0.1, 0.15) is 5.82 Å². The number of hydrogen-bond donors (Lipinski definition) is 0. The standard InChI is InChI=1S/C12H13BrN2S/c1-2-15(9-11-4-3-7-16-11)12-6-5-10(13)8-14-12/h3-8H,2,9H2,1H3. The second-order valence-corrected chi connectivity index (χ2v) is 5.38. The van der Waals surface area contributed by atoms with Gasteiger partial charge in [-0.3, -0.25) is 0 Å². The van der Waals surface area contributed by atoms with Crippen LogP contribution in [0.2, 0.25) is 0 Å². The van der Waals surface area contributed by atoms with E-state index in [0.717, 1.165) is 23.4 Å². The predicted octanol–water partition coefficient (Wildman–Crippen LogP) is 3.93. The minimum atomic E-state index is 0.933. The van der Waals surface area contributed by atoms with Crippen LogP contribution in [0.1, 0.15) is 11.8 Å². The Hall–Kier alpha value is -0.870. The molecule has 0 spiro atoms. The topological polar surface area (TPSA) is 16.1 Å². The molecule has 2 rings (SSSR count). The van der Waals surface area contributed by atoms with Crippen LogP contribution >= 0.6 is 27.3 Å². The highest BCUT2D eigenvalue weighted by atomic mass is 79.9. The van der Waals surface area contributed by atoms with Crippen molar-refractivity contribution in [1.82, 2.24) is 4.98 Å². The number of pyridine rings is 1. The Bertz CT molecular complexity index is 425. The van der Waals surface area contributed by atoms with Crippen LogP contribution in [0.5, 0.6) is 0 Å². The third kappa shape index (κ3) is 2.83. The van der Waals surface area contributed by atoms with Gasteiger partial charge in [-0.1, -0.05) is 6.07 Å². The first-order valence-electron chi connectivity index (χ1n) is 5.18. The second-order valence-electron chi connectivity index (χ2n) is 3.43. The summed E-state index contributed by atoms with van der Waals surface area (Å²) in [4.78, 5) is 8.04. The quantitative estimate of drug-likeness (QED) is 0.850. The van der Waals surface area contributed by atoms with Gasteiger partial charge < -0.3 is 4.90 Å². The molecule has 0 aliphatic carbocycles. The lowest BCUT2D eigenvalue weighted by Gasteiger charge is -2.21. The summed E-state index contributed by atoms with van der Waals surface area (Å²) in [6.07, 6.45) is 1.84. The molecule has 0 saturated heterocycles. The first-order valence-corrected chi connectivity index (χ1v) is 6.85. The molecule has 0 atom stereocenters. The van der Waals surface area contributed by atoms with Crippen LogP contribution in [0, 0.1) is 0 Å². The van der Waals surface area contributed by atoms with E-state index < -0.39 is 0 Å². The van der Waals surface area contributed by atoms with E-state index in [1.54, 1.807) is 11.3 Å². The van der Waals surface area contributed by atoms with E-state index in [4.69, 9.17) is 0 Å². The van der Waals surface area contributed by atoms with Gasteiger partial charge in [-0.15, -0.1) is 11.3 Å². The first-order chi connectivity index (χ1) is 7.79. The molecular formula is C12H13BrN2S. The zero-order valence-electron chi connectivity index (χ0n) is 9.06. The highest BCUT2D eigenvalue weighted by Crippen LogP contribution is 2.18. The molecule has 0 bridgehead atoms. The predicted molar refractivity (Wildman–Crippen MR) is 73.0 cm³/mol. The molecule has 2 aromatic rings. The van der Waals surface area contributed by atoms with Gasteiger partial charge in [-0.25, -0.2) is 4.98 Å². The molecule has 0 unspecified atom stereocenters. The molecule has 2 nitrogen and oxygen atoms in total. The Morgan fingerprint density at radius 2 is 2.25 bits per heavy atom. The molecular weight excluding hydrogens is 284 g/mol. The van der Waals surface area contributed by atoms with Gasteiger partial charge >= 0.3 is 0 Å². The molecule has 0 radical (unpaired) electrons. The second kappa shape index (κ2) is 5.46. The zero-order valence-corrected chi connectivity index (χ0v) is 11.5. The van der Waals surface area contributed by atoms with Gasteiger partial charge in [0.25, 0.3) is 0 Å². The number of thiophene rings is 1. The van der Waals surface area contributed by atoms with Crippen molar-refractivity contribution < 1.29 is 0 Å². The zero-order chi connectivity index (χ0) is 11.4. The van der Waals surface area contributed by atoms with E-state index in [1.807, 2.05) is 18.3 Å². The number of nitrogens with zero attached hydrogens (tertiary/aromatic N) is 2. The van der Waals surface area contributed by atoms with Crippen LogP contribution in [0.25, 0.3) is 0 Å². The van der Waals surface area contributed by atoms with Gasteiger partial charge in [-0.2, -0.15) is 0 Å². The Kier molecular flexibility index (Phi) is 3.96. The van der Waals surface area contributed by atoms with Crippen LogP contribution in [-0.2, 0) is 6.54 Å². The van der Waals surface area contributed by atoms with Crippen molar-refractivity contribution >= 4 is 33.1 Å². The number of hydrogen-bond acceptors (Lipinski definition) is 3. The Labute approximate surface area is 108 Å². The summed E-state index contributed by atoms with van der Waals surface area (Å²) < 4.78 is 1.02. The Morgan fingerprint density at radius 1 is 1.38 bits per heavy atom. The molecule has 0 aliphatic rings. The lowest BCUT2D eigenvalue weighted by atomic mass is 10.3. The van der Waals surface area contributed by atoms with Crippen LogP contribution in [0.3, 0.4) is 0 Å². The molecule has 0 aliphatic heterocycles. The minimum absolute atomic E-state index is 0.933. The van der Waals surface area contributed by atoms with E-state index >= 15 is 0 Å². The summed E-state index contributed by atoms with van der Waals surface area (Å²) >= 11 is 5.18. The van der Waals surface area contributed by atoms with E-state index in [1.165, 1.54) is 4.88 Å². The molecule has 4 heteroatoms. The highest BCUT2D eigenvalue weighted by molar-refractivity contribution is 9.10. The molecule has 0 aromatic carbocycles. The SMILES string of the molecule is CCN(Cc1cccs1)c1ccc(Br)cn1. The molecule has 0 N–H and O–H groups in total. The summed E-state index contributed by atoms with van der Waals surface area (Å²) in [5, 5.41) is 2.11. The average Bonchev–Trinajstić information content (AvgIpc) is 2.80. The Morgan fingerprint density at radius 3 is 2.81 bits per heavy atom. The fourth-order valence-electron chi connectivity index (χ4n) is 1.50. The van der Waals surface area contributed by atoms with Gasteiger partial charge in [0.15, 0.2) is 0 Å². The van der Waals surface area contributed by atoms with E-state index in [-0.39, 0.29) is 0 Å². The molecule has 2 aromatic heterocycles. The van der Waals surface area contributed by atoms with Crippen molar-refractivity contribution in [2.75, 3.05) is 11.4 Å². The van der Waals surface area contributed by atoms with Crippen molar-refractivity contribution in [3.8, 4) is 0 Å². The number of anilines is 1.